The van der Waals surface area contributed by atoms with Gasteiger partial charge in [-0.2, -0.15) is 0 Å². The minimum atomic E-state index is -2.96. The topological polar surface area (TPSA) is 25.9 Å². The smallest absolute Gasteiger partial charge is 0.257 e. The van der Waals surface area contributed by atoms with Gasteiger partial charge in [0, 0.05) is 0 Å². The van der Waals surface area contributed by atoms with E-state index in [-0.39, 0.29) is 0 Å². The lowest BCUT2D eigenvalue weighted by Gasteiger charge is -2.03. The van der Waals surface area contributed by atoms with Crippen LogP contribution in [0.1, 0.15) is 96.8 Å². The highest BCUT2D eigenvalue weighted by molar-refractivity contribution is 8.08. The Morgan fingerprint density at radius 1 is 0.815 bits per heavy atom. The molecule has 0 amide bonds. The number of nitrogens with zero attached hydrogens (tertiary/aromatic N) is 2. The molecule has 0 atom stereocenters. The van der Waals surface area contributed by atoms with E-state index in [1.165, 1.54) is 89.9 Å². The largest absolute Gasteiger partial charge is 0.289 e. The molecule has 0 fully saturated rings. The van der Waals surface area contributed by atoms with Crippen molar-refractivity contribution >= 4 is 28.3 Å². The van der Waals surface area contributed by atoms with Gasteiger partial charge in [-0.3, -0.25) is 4.57 Å². The lowest BCUT2D eigenvalue weighted by Crippen LogP contribution is -2.30. The van der Waals surface area contributed by atoms with Crippen LogP contribution in [0.15, 0.2) is 18.7 Å². The summed E-state index contributed by atoms with van der Waals surface area (Å²) in [5.74, 6) is -2.96. The van der Waals surface area contributed by atoms with Crippen molar-refractivity contribution in [2.45, 2.75) is 110 Å². The molecule has 0 spiro atoms. The monoisotopic (exact) mass is 437 g/mol. The molecule has 0 radical (unpaired) electrons. The molecule has 0 aromatic carbocycles. The second-order valence-electron chi connectivity index (χ2n) is 7.78. The fraction of sp³-hybridized carbons (Fsp3) is 0.857. The molecule has 27 heavy (non-hydrogen) atoms. The van der Waals surface area contributed by atoms with Crippen molar-refractivity contribution in [1.29, 1.82) is 0 Å². The van der Waals surface area contributed by atoms with Gasteiger partial charge in [-0.25, -0.2) is 9.13 Å². The fourth-order valence-corrected chi connectivity index (χ4v) is 4.34. The minimum Gasteiger partial charge on any atom is -0.289 e. The Kier molecular flexibility index (Phi) is 14.7. The average molecular weight is 438 g/mol. The SMILES string of the molecule is CCCCCCCCCCCCCCCC[n+]1ccn(CCP(=O)(Cl)Cl)c1. The normalized spacial score (nSPS) is 12.0. The van der Waals surface area contributed by atoms with E-state index >= 15 is 0 Å². The Labute approximate surface area is 176 Å². The maximum Gasteiger partial charge on any atom is 0.257 e. The number of halogens is 2. The molecule has 1 heterocycles. The van der Waals surface area contributed by atoms with Crippen molar-refractivity contribution in [3.8, 4) is 0 Å². The number of rotatable bonds is 18. The van der Waals surface area contributed by atoms with Gasteiger partial charge in [-0.05, 0) is 35.3 Å². The van der Waals surface area contributed by atoms with Crippen LogP contribution in [0, 0.1) is 0 Å². The van der Waals surface area contributed by atoms with Crippen LogP contribution in [0.4, 0.5) is 0 Å². The van der Waals surface area contributed by atoms with Gasteiger partial charge in [0.2, 0.25) is 6.33 Å². The third-order valence-corrected chi connectivity index (χ3v) is 6.87. The molecule has 1 rings (SSSR count). The maximum absolute atomic E-state index is 11.3. The van der Waals surface area contributed by atoms with Gasteiger partial charge >= 0.3 is 0 Å². The third-order valence-electron chi connectivity index (χ3n) is 5.13. The van der Waals surface area contributed by atoms with Gasteiger partial charge in [0.1, 0.15) is 12.4 Å². The molecule has 0 aliphatic carbocycles. The zero-order valence-corrected chi connectivity index (χ0v) is 19.7. The van der Waals surface area contributed by atoms with Gasteiger partial charge in [0.15, 0.2) is 0 Å². The molecule has 0 bridgehead atoms. The van der Waals surface area contributed by atoms with E-state index in [1.807, 2.05) is 17.1 Å². The molecule has 158 valence electrons. The Morgan fingerprint density at radius 2 is 1.30 bits per heavy atom. The van der Waals surface area contributed by atoms with Gasteiger partial charge in [0.25, 0.3) is 5.85 Å². The molecule has 0 aliphatic rings. The van der Waals surface area contributed by atoms with Crippen molar-refractivity contribution in [1.82, 2.24) is 4.57 Å². The predicted octanol–water partition coefficient (Wildman–Crippen LogP) is 7.93. The molecule has 0 saturated heterocycles. The second-order valence-corrected chi connectivity index (χ2v) is 13.2. The van der Waals surface area contributed by atoms with Crippen LogP contribution < -0.4 is 4.57 Å². The van der Waals surface area contributed by atoms with Gasteiger partial charge in [-0.15, -0.1) is 0 Å². The molecule has 1 aromatic heterocycles. The summed E-state index contributed by atoms with van der Waals surface area (Å²) in [6.07, 6.45) is 25.9. The van der Waals surface area contributed by atoms with E-state index in [4.69, 9.17) is 22.5 Å². The van der Waals surface area contributed by atoms with Gasteiger partial charge < -0.3 is 0 Å². The van der Waals surface area contributed by atoms with Crippen molar-refractivity contribution in [3.63, 3.8) is 0 Å². The van der Waals surface area contributed by atoms with Crippen molar-refractivity contribution < 1.29 is 9.13 Å². The van der Waals surface area contributed by atoms with E-state index in [9.17, 15) is 4.57 Å². The zero-order valence-electron chi connectivity index (χ0n) is 17.3. The predicted molar refractivity (Wildman–Crippen MR) is 119 cm³/mol. The molecule has 6 heteroatoms. The highest BCUT2D eigenvalue weighted by atomic mass is 35.9. The molecular formula is C21H40Cl2N2OP+. The van der Waals surface area contributed by atoms with E-state index in [1.54, 1.807) is 0 Å². The molecule has 1 aromatic rings. The van der Waals surface area contributed by atoms with Crippen LogP contribution in [-0.4, -0.2) is 10.7 Å². The quantitative estimate of drug-likeness (QED) is 0.130. The van der Waals surface area contributed by atoms with Gasteiger partial charge in [0.05, 0.1) is 19.3 Å². The summed E-state index contributed by atoms with van der Waals surface area (Å²) in [4.78, 5) is 0. The second kappa shape index (κ2) is 15.9. The summed E-state index contributed by atoms with van der Waals surface area (Å²) < 4.78 is 15.5. The molecule has 0 aliphatic heterocycles. The number of imidazole rings is 1. The number of hydrogen-bond donors (Lipinski definition) is 0. The van der Waals surface area contributed by atoms with Crippen molar-refractivity contribution in [2.75, 3.05) is 6.16 Å². The van der Waals surface area contributed by atoms with Crippen LogP contribution >= 0.6 is 28.3 Å². The zero-order chi connectivity index (χ0) is 19.8. The fourth-order valence-electron chi connectivity index (χ4n) is 3.42. The summed E-state index contributed by atoms with van der Waals surface area (Å²) in [6, 6.07) is 0. The Bertz CT molecular complexity index is 516. The molecule has 0 saturated carbocycles. The van der Waals surface area contributed by atoms with Crippen LogP contribution in [0.3, 0.4) is 0 Å². The lowest BCUT2D eigenvalue weighted by atomic mass is 10.0. The van der Waals surface area contributed by atoms with E-state index < -0.39 is 5.85 Å². The number of hydrogen-bond acceptors (Lipinski definition) is 1. The number of unbranched alkanes of at least 4 members (excludes halogenated alkanes) is 13. The Morgan fingerprint density at radius 3 is 1.78 bits per heavy atom. The Hall–Kier alpha value is 0.0200. The number of aromatic nitrogens is 2. The first kappa shape index (κ1) is 25.1. The molecule has 3 nitrogen and oxygen atoms in total. The van der Waals surface area contributed by atoms with Crippen molar-refractivity contribution in [3.05, 3.63) is 18.7 Å². The van der Waals surface area contributed by atoms with E-state index in [0.717, 1.165) is 6.54 Å². The average Bonchev–Trinajstić information content (AvgIpc) is 3.07. The third kappa shape index (κ3) is 15.6. The van der Waals surface area contributed by atoms with Crippen molar-refractivity contribution in [2.24, 2.45) is 0 Å². The van der Waals surface area contributed by atoms with Crippen LogP contribution in [0.25, 0.3) is 0 Å². The minimum absolute atomic E-state index is 0.323. The first-order chi connectivity index (χ1) is 13.0. The van der Waals surface area contributed by atoms with Gasteiger partial charge in [-0.1, -0.05) is 84.0 Å². The highest BCUT2D eigenvalue weighted by Crippen LogP contribution is 2.56. The highest BCUT2D eigenvalue weighted by Gasteiger charge is 2.15. The van der Waals surface area contributed by atoms with E-state index in [0.29, 0.717) is 12.7 Å². The summed E-state index contributed by atoms with van der Waals surface area (Å²) in [7, 11) is 0. The molecule has 0 unspecified atom stereocenters. The summed E-state index contributed by atoms with van der Waals surface area (Å²) in [5, 5.41) is 0. The van der Waals surface area contributed by atoms with E-state index in [2.05, 4.69) is 17.7 Å². The Balaban J connectivity index is 1.88. The summed E-state index contributed by atoms with van der Waals surface area (Å²) >= 11 is 11.2. The number of aryl methyl sites for hydroxylation is 2. The molecular weight excluding hydrogens is 398 g/mol. The van der Waals surface area contributed by atoms with Crippen LogP contribution in [-0.2, 0) is 17.7 Å². The first-order valence-corrected chi connectivity index (χ1v) is 14.7. The lowest BCUT2D eigenvalue weighted by molar-refractivity contribution is -0.696. The van der Waals surface area contributed by atoms with Crippen LogP contribution in [0.2, 0.25) is 0 Å². The van der Waals surface area contributed by atoms with Crippen LogP contribution in [0.5, 0.6) is 0 Å². The summed E-state index contributed by atoms with van der Waals surface area (Å²) in [6.45, 7) is 3.93. The standard InChI is InChI=1S/C21H40Cl2N2OP/c1-2-3-4-5-6-7-8-9-10-11-12-13-14-15-16-24-17-18-25(21-24)19-20-27(22,23)26/h17-18,21H,2-16,19-20H2,1H3/q+1. The molecule has 0 N–H and O–H groups in total. The summed E-state index contributed by atoms with van der Waals surface area (Å²) in [5.41, 5.74) is 0. The first-order valence-electron chi connectivity index (χ1n) is 11.0. The maximum atomic E-state index is 11.3.